The van der Waals surface area contributed by atoms with E-state index in [1.165, 1.54) is 6.07 Å². The van der Waals surface area contributed by atoms with Crippen molar-refractivity contribution in [1.82, 2.24) is 4.90 Å². The average molecular weight is 520 g/mol. The van der Waals surface area contributed by atoms with Crippen molar-refractivity contribution in [2.24, 2.45) is 11.8 Å². The molecule has 6 rings (SSSR count). The van der Waals surface area contributed by atoms with Gasteiger partial charge in [0.15, 0.2) is 5.78 Å². The predicted octanol–water partition coefficient (Wildman–Crippen LogP) is 4.72. The number of aryl methyl sites for hydroxylation is 1. The second-order valence-corrected chi connectivity index (χ2v) is 12.2. The van der Waals surface area contributed by atoms with Crippen molar-refractivity contribution in [2.45, 2.75) is 76.7 Å². The van der Waals surface area contributed by atoms with Crippen molar-refractivity contribution in [1.29, 1.82) is 0 Å². The van der Waals surface area contributed by atoms with Crippen LogP contribution in [0.2, 0.25) is 0 Å². The van der Waals surface area contributed by atoms with Crippen LogP contribution >= 0.6 is 0 Å². The Kier molecular flexibility index (Phi) is 6.08. The Bertz CT molecular complexity index is 1340. The van der Waals surface area contributed by atoms with Crippen LogP contribution in [0.25, 0.3) is 0 Å². The summed E-state index contributed by atoms with van der Waals surface area (Å²) < 4.78 is 21.1. The van der Waals surface area contributed by atoms with E-state index in [0.717, 1.165) is 52.8 Å². The molecule has 1 N–H and O–H groups in total. The lowest BCUT2D eigenvalue weighted by Crippen LogP contribution is -2.49. The number of fused-ring (bicyclic) bond motifs is 4. The number of rotatable bonds is 6. The summed E-state index contributed by atoms with van der Waals surface area (Å²) >= 11 is 0. The van der Waals surface area contributed by atoms with Crippen LogP contribution in [0, 0.1) is 17.7 Å². The van der Waals surface area contributed by atoms with E-state index in [0.29, 0.717) is 38.0 Å². The monoisotopic (exact) mass is 519 g/mol. The number of carbonyl (C=O) groups is 3. The van der Waals surface area contributed by atoms with E-state index in [-0.39, 0.29) is 47.6 Å². The summed E-state index contributed by atoms with van der Waals surface area (Å²) in [5, 5.41) is 9.09. The van der Waals surface area contributed by atoms with Crippen LogP contribution < -0.4 is 4.74 Å². The number of benzene rings is 2. The molecular weight excluding hydrogens is 485 g/mol. The molecular formula is C31H34FNO5. The van der Waals surface area contributed by atoms with Crippen molar-refractivity contribution < 1.29 is 28.6 Å². The third kappa shape index (κ3) is 4.20. The fraction of sp³-hybridized carbons (Fsp3) is 0.516. The lowest BCUT2D eigenvalue weighted by Gasteiger charge is -2.42. The fourth-order valence-corrected chi connectivity index (χ4v) is 7.20. The summed E-state index contributed by atoms with van der Waals surface area (Å²) in [6.45, 7) is 5.13. The Hall–Kier alpha value is -3.22. The topological polar surface area (TPSA) is 83.9 Å². The third-order valence-electron chi connectivity index (χ3n) is 9.15. The highest BCUT2D eigenvalue weighted by Crippen LogP contribution is 2.44. The van der Waals surface area contributed by atoms with Gasteiger partial charge in [-0.3, -0.25) is 14.4 Å². The first kappa shape index (κ1) is 25.1. The molecule has 2 aromatic carbocycles. The lowest BCUT2D eigenvalue weighted by atomic mass is 9.72. The molecule has 0 bridgehead atoms. The van der Waals surface area contributed by atoms with Gasteiger partial charge in [-0.2, -0.15) is 0 Å². The van der Waals surface area contributed by atoms with Crippen molar-refractivity contribution in [3.05, 3.63) is 63.5 Å². The van der Waals surface area contributed by atoms with Gasteiger partial charge in [0.25, 0.3) is 0 Å². The standard InChI is InChI=1S/C31H34FNO5/c1-31(2)8-5-20-11-18(14-24(32)27(20)31)15-25(34)28-22-4-3-19-7-10-38-29(19)23(22)6-9-33(28)30(37)21-12-17(13-21)16-26(35)36/h3-4,11,14,17,21,28H,5-10,12-13,15-16H2,1-2H3,(H,35,36)/t17?,21?,28-/m1/s1. The Balaban J connectivity index is 1.30. The number of hydrogen-bond acceptors (Lipinski definition) is 4. The van der Waals surface area contributed by atoms with Crippen LogP contribution in [0.5, 0.6) is 5.75 Å². The number of nitrogens with zero attached hydrogens (tertiary/aromatic N) is 1. The molecule has 7 heteroatoms. The minimum atomic E-state index is -0.848. The first-order valence-corrected chi connectivity index (χ1v) is 13.8. The van der Waals surface area contributed by atoms with Crippen molar-refractivity contribution in [2.75, 3.05) is 13.2 Å². The normalized spacial score (nSPS) is 24.6. The Morgan fingerprint density at radius 2 is 1.89 bits per heavy atom. The van der Waals surface area contributed by atoms with Crippen LogP contribution in [-0.2, 0) is 45.5 Å². The molecule has 1 saturated carbocycles. The largest absolute Gasteiger partial charge is 0.493 e. The maximum Gasteiger partial charge on any atom is 0.303 e. The van der Waals surface area contributed by atoms with Crippen molar-refractivity contribution in [3.63, 3.8) is 0 Å². The molecule has 2 aliphatic heterocycles. The fourth-order valence-electron chi connectivity index (χ4n) is 7.20. The molecule has 1 amide bonds. The maximum absolute atomic E-state index is 15.2. The molecule has 0 spiro atoms. The number of amides is 1. The Morgan fingerprint density at radius 3 is 2.66 bits per heavy atom. The summed E-state index contributed by atoms with van der Waals surface area (Å²) in [5.74, 6) is -0.725. The summed E-state index contributed by atoms with van der Waals surface area (Å²) in [5.41, 5.74) is 5.09. The van der Waals surface area contributed by atoms with Gasteiger partial charge in [0.1, 0.15) is 17.6 Å². The Morgan fingerprint density at radius 1 is 1.11 bits per heavy atom. The number of ether oxygens (including phenoxy) is 1. The van der Waals surface area contributed by atoms with E-state index in [4.69, 9.17) is 9.84 Å². The Labute approximate surface area is 222 Å². The van der Waals surface area contributed by atoms with Crippen LogP contribution in [0.1, 0.15) is 79.0 Å². The molecule has 38 heavy (non-hydrogen) atoms. The SMILES string of the molecule is CC1(C)CCc2cc(CC(=O)[C@H]3c4ccc5c(c4CCN3C(=O)C3CC(CC(=O)O)C3)OCC5)cc(F)c21. The second kappa shape index (κ2) is 9.21. The van der Waals surface area contributed by atoms with Gasteiger partial charge < -0.3 is 14.7 Å². The quantitative estimate of drug-likeness (QED) is 0.597. The molecule has 2 heterocycles. The number of carboxylic acid groups (broad SMARTS) is 1. The van der Waals surface area contributed by atoms with Gasteiger partial charge in [-0.25, -0.2) is 4.39 Å². The number of ketones is 1. The molecule has 2 aromatic rings. The maximum atomic E-state index is 15.2. The van der Waals surface area contributed by atoms with Gasteiger partial charge in [-0.15, -0.1) is 0 Å². The molecule has 6 nitrogen and oxygen atoms in total. The van der Waals surface area contributed by atoms with Crippen LogP contribution in [0.15, 0.2) is 24.3 Å². The molecule has 1 atom stereocenters. The summed E-state index contributed by atoms with van der Waals surface area (Å²) in [6.07, 6.45) is 4.31. The zero-order chi connectivity index (χ0) is 26.8. The number of carbonyl (C=O) groups excluding carboxylic acids is 2. The van der Waals surface area contributed by atoms with E-state index in [1.54, 1.807) is 4.90 Å². The lowest BCUT2D eigenvalue weighted by molar-refractivity contribution is -0.149. The van der Waals surface area contributed by atoms with Gasteiger partial charge in [0.05, 0.1) is 6.61 Å². The molecule has 0 saturated heterocycles. The second-order valence-electron chi connectivity index (χ2n) is 12.2. The van der Waals surface area contributed by atoms with Gasteiger partial charge in [0, 0.05) is 37.3 Å². The van der Waals surface area contributed by atoms with Crippen LogP contribution in [-0.4, -0.2) is 40.8 Å². The summed E-state index contributed by atoms with van der Waals surface area (Å²) in [7, 11) is 0. The van der Waals surface area contributed by atoms with E-state index in [2.05, 4.69) is 13.8 Å². The molecule has 1 fully saturated rings. The number of carboxylic acids is 1. The van der Waals surface area contributed by atoms with Gasteiger partial charge >= 0.3 is 5.97 Å². The van der Waals surface area contributed by atoms with Crippen LogP contribution in [0.3, 0.4) is 0 Å². The minimum absolute atomic E-state index is 0.00277. The predicted molar refractivity (Wildman–Crippen MR) is 139 cm³/mol. The highest BCUT2D eigenvalue weighted by Gasteiger charge is 2.44. The van der Waals surface area contributed by atoms with Crippen LogP contribution in [0.4, 0.5) is 4.39 Å². The van der Waals surface area contributed by atoms with E-state index in [9.17, 15) is 14.4 Å². The third-order valence-corrected chi connectivity index (χ3v) is 9.15. The number of aliphatic carboxylic acids is 1. The molecule has 0 radical (unpaired) electrons. The zero-order valence-electron chi connectivity index (χ0n) is 22.0. The first-order valence-electron chi connectivity index (χ1n) is 13.8. The molecule has 0 aromatic heterocycles. The van der Waals surface area contributed by atoms with Crippen molar-refractivity contribution >= 4 is 17.7 Å². The van der Waals surface area contributed by atoms with Gasteiger partial charge in [-0.05, 0) is 77.3 Å². The molecule has 4 aliphatic rings. The van der Waals surface area contributed by atoms with Gasteiger partial charge in [0.2, 0.25) is 5.91 Å². The average Bonchev–Trinajstić information content (AvgIpc) is 3.44. The van der Waals surface area contributed by atoms with E-state index in [1.807, 2.05) is 18.2 Å². The highest BCUT2D eigenvalue weighted by atomic mass is 19.1. The number of Topliss-reactive ketones (excluding diaryl/α,β-unsaturated/α-hetero) is 1. The zero-order valence-corrected chi connectivity index (χ0v) is 22.0. The molecule has 0 unspecified atom stereocenters. The summed E-state index contributed by atoms with van der Waals surface area (Å²) in [4.78, 5) is 40.4. The number of hydrogen-bond donors (Lipinski definition) is 1. The molecule has 2 aliphatic carbocycles. The highest BCUT2D eigenvalue weighted by molar-refractivity contribution is 5.93. The molecule has 200 valence electrons. The van der Waals surface area contributed by atoms with E-state index < -0.39 is 12.0 Å². The van der Waals surface area contributed by atoms with Crippen molar-refractivity contribution in [3.8, 4) is 5.75 Å². The van der Waals surface area contributed by atoms with Gasteiger partial charge in [-0.1, -0.05) is 32.0 Å². The van der Waals surface area contributed by atoms with E-state index >= 15 is 4.39 Å². The minimum Gasteiger partial charge on any atom is -0.493 e. The smallest absolute Gasteiger partial charge is 0.303 e. The number of halogens is 1. The first-order chi connectivity index (χ1) is 18.1. The summed E-state index contributed by atoms with van der Waals surface area (Å²) in [6, 6.07) is 6.67.